The summed E-state index contributed by atoms with van der Waals surface area (Å²) in [4.78, 5) is 18.3. The van der Waals surface area contributed by atoms with Crippen molar-refractivity contribution in [3.05, 3.63) is 15.8 Å². The van der Waals surface area contributed by atoms with E-state index in [0.29, 0.717) is 12.5 Å². The summed E-state index contributed by atoms with van der Waals surface area (Å²) in [6.45, 7) is 1.98. The topological polar surface area (TPSA) is 116 Å². The number of rotatable bonds is 5. The van der Waals surface area contributed by atoms with Crippen LogP contribution in [-0.4, -0.2) is 21.5 Å². The van der Waals surface area contributed by atoms with Gasteiger partial charge in [-0.2, -0.15) is 4.98 Å². The monoisotopic (exact) mass is 267 g/mol. The molecule has 1 aromatic rings. The second kappa shape index (κ2) is 5.79. The molecule has 8 heteroatoms. The highest BCUT2D eigenvalue weighted by molar-refractivity contribution is 5.48. The third-order valence-electron chi connectivity index (χ3n) is 3.27. The fraction of sp³-hybridized carbons (Fsp3) is 0.636. The van der Waals surface area contributed by atoms with E-state index in [9.17, 15) is 10.1 Å². The lowest BCUT2D eigenvalue weighted by Crippen LogP contribution is -2.15. The highest BCUT2D eigenvalue weighted by Crippen LogP contribution is 2.31. The number of hydrogen-bond acceptors (Lipinski definition) is 7. The van der Waals surface area contributed by atoms with Crippen LogP contribution < -0.4 is 16.0 Å². The first-order valence-corrected chi connectivity index (χ1v) is 6.24. The molecule has 0 saturated heterocycles. The summed E-state index contributed by atoms with van der Waals surface area (Å²) in [5, 5.41) is 11.0. The standard InChI is InChI=1S/C11H17N5O3/c1-7-9(16(17)18)10(14-11(13-7)15-12)19-6-8-4-2-3-5-8/h8H,2-6,12H2,1H3,(H,13,14,15). The fourth-order valence-electron chi connectivity index (χ4n) is 2.29. The molecule has 1 aromatic heterocycles. The van der Waals surface area contributed by atoms with Crippen LogP contribution in [0.5, 0.6) is 5.88 Å². The van der Waals surface area contributed by atoms with E-state index in [1.807, 2.05) is 0 Å². The van der Waals surface area contributed by atoms with Crippen LogP contribution in [0.25, 0.3) is 0 Å². The minimum atomic E-state index is -0.528. The Morgan fingerprint density at radius 2 is 2.16 bits per heavy atom. The molecule has 19 heavy (non-hydrogen) atoms. The Hall–Kier alpha value is -1.96. The number of aromatic nitrogens is 2. The predicted octanol–water partition coefficient (Wildman–Crippen LogP) is 1.55. The third-order valence-corrected chi connectivity index (χ3v) is 3.27. The number of nitrogens with zero attached hydrogens (tertiary/aromatic N) is 3. The zero-order chi connectivity index (χ0) is 13.8. The van der Waals surface area contributed by atoms with Gasteiger partial charge in [0, 0.05) is 0 Å². The summed E-state index contributed by atoms with van der Waals surface area (Å²) in [7, 11) is 0. The molecular weight excluding hydrogens is 250 g/mol. The van der Waals surface area contributed by atoms with Gasteiger partial charge in [0.25, 0.3) is 5.88 Å². The summed E-state index contributed by atoms with van der Waals surface area (Å²) in [5.74, 6) is 5.78. The lowest BCUT2D eigenvalue weighted by molar-refractivity contribution is -0.387. The van der Waals surface area contributed by atoms with Crippen molar-refractivity contribution in [1.29, 1.82) is 0 Å². The number of nitrogen functional groups attached to an aromatic ring is 1. The zero-order valence-electron chi connectivity index (χ0n) is 10.8. The van der Waals surface area contributed by atoms with Crippen molar-refractivity contribution in [1.82, 2.24) is 9.97 Å². The average Bonchev–Trinajstić information content (AvgIpc) is 2.88. The summed E-state index contributed by atoms with van der Waals surface area (Å²) < 4.78 is 5.52. The molecule has 0 radical (unpaired) electrons. The van der Waals surface area contributed by atoms with Crippen LogP contribution in [0.1, 0.15) is 31.4 Å². The first kappa shape index (κ1) is 13.5. The van der Waals surface area contributed by atoms with E-state index in [-0.39, 0.29) is 23.2 Å². The minimum Gasteiger partial charge on any atom is -0.472 e. The second-order valence-corrected chi connectivity index (χ2v) is 4.65. The molecule has 0 bridgehead atoms. The van der Waals surface area contributed by atoms with Crippen LogP contribution in [0.15, 0.2) is 0 Å². The van der Waals surface area contributed by atoms with Crippen molar-refractivity contribution in [2.45, 2.75) is 32.6 Å². The SMILES string of the molecule is Cc1nc(NN)nc(OCC2CCCC2)c1[N+](=O)[O-]. The maximum absolute atomic E-state index is 11.0. The number of nitro groups is 1. The minimum absolute atomic E-state index is 0.0163. The first-order valence-electron chi connectivity index (χ1n) is 6.24. The van der Waals surface area contributed by atoms with Gasteiger partial charge in [0.2, 0.25) is 5.95 Å². The molecule has 1 fully saturated rings. The molecule has 0 aliphatic heterocycles. The van der Waals surface area contributed by atoms with Crippen LogP contribution in [-0.2, 0) is 0 Å². The summed E-state index contributed by atoms with van der Waals surface area (Å²) >= 11 is 0. The van der Waals surface area contributed by atoms with Crippen molar-refractivity contribution in [3.8, 4) is 5.88 Å². The van der Waals surface area contributed by atoms with Gasteiger partial charge in [0.05, 0.1) is 11.5 Å². The van der Waals surface area contributed by atoms with Crippen molar-refractivity contribution in [2.75, 3.05) is 12.0 Å². The molecule has 2 rings (SSSR count). The smallest absolute Gasteiger partial charge is 0.352 e. The molecule has 0 unspecified atom stereocenters. The summed E-state index contributed by atoms with van der Waals surface area (Å²) in [6.07, 6.45) is 4.57. The lowest BCUT2D eigenvalue weighted by atomic mass is 10.1. The molecule has 0 spiro atoms. The molecular formula is C11H17N5O3. The summed E-state index contributed by atoms with van der Waals surface area (Å²) in [5.41, 5.74) is 2.31. The van der Waals surface area contributed by atoms with Crippen LogP contribution in [0.4, 0.5) is 11.6 Å². The van der Waals surface area contributed by atoms with Crippen LogP contribution in [0.2, 0.25) is 0 Å². The van der Waals surface area contributed by atoms with Gasteiger partial charge in [-0.25, -0.2) is 10.8 Å². The van der Waals surface area contributed by atoms with Crippen molar-refractivity contribution < 1.29 is 9.66 Å². The van der Waals surface area contributed by atoms with Gasteiger partial charge in [-0.1, -0.05) is 12.8 Å². The Labute approximate surface area is 110 Å². The highest BCUT2D eigenvalue weighted by Gasteiger charge is 2.25. The van der Waals surface area contributed by atoms with E-state index >= 15 is 0 Å². The Bertz CT molecular complexity index is 474. The van der Waals surface area contributed by atoms with E-state index in [0.717, 1.165) is 12.8 Å². The number of aryl methyl sites for hydroxylation is 1. The number of ether oxygens (including phenoxy) is 1. The number of hydrazine groups is 1. The van der Waals surface area contributed by atoms with Gasteiger partial charge in [-0.05, 0) is 25.7 Å². The normalized spacial score (nSPS) is 15.5. The molecule has 0 aromatic carbocycles. The van der Waals surface area contributed by atoms with Gasteiger partial charge in [-0.3, -0.25) is 15.5 Å². The Kier molecular flexibility index (Phi) is 4.10. The van der Waals surface area contributed by atoms with Gasteiger partial charge in [-0.15, -0.1) is 0 Å². The number of nitrogens with two attached hydrogens (primary N) is 1. The highest BCUT2D eigenvalue weighted by atomic mass is 16.6. The van der Waals surface area contributed by atoms with Gasteiger partial charge in [0.1, 0.15) is 5.69 Å². The lowest BCUT2D eigenvalue weighted by Gasteiger charge is -2.12. The van der Waals surface area contributed by atoms with Crippen LogP contribution >= 0.6 is 0 Å². The first-order chi connectivity index (χ1) is 9.11. The largest absolute Gasteiger partial charge is 0.472 e. The van der Waals surface area contributed by atoms with Crippen molar-refractivity contribution >= 4 is 11.6 Å². The number of anilines is 1. The van der Waals surface area contributed by atoms with Gasteiger partial charge in [0.15, 0.2) is 0 Å². The maximum Gasteiger partial charge on any atom is 0.352 e. The molecule has 8 nitrogen and oxygen atoms in total. The van der Waals surface area contributed by atoms with Crippen LogP contribution in [0, 0.1) is 23.0 Å². The molecule has 3 N–H and O–H groups in total. The summed E-state index contributed by atoms with van der Waals surface area (Å²) in [6, 6.07) is 0. The van der Waals surface area contributed by atoms with Gasteiger partial charge < -0.3 is 4.74 Å². The third kappa shape index (κ3) is 3.08. The van der Waals surface area contributed by atoms with Crippen LogP contribution in [0.3, 0.4) is 0 Å². The molecule has 0 amide bonds. The van der Waals surface area contributed by atoms with E-state index in [2.05, 4.69) is 15.4 Å². The van der Waals surface area contributed by atoms with E-state index in [4.69, 9.17) is 10.6 Å². The Balaban J connectivity index is 2.20. The fourth-order valence-corrected chi connectivity index (χ4v) is 2.29. The Morgan fingerprint density at radius 3 is 2.74 bits per heavy atom. The van der Waals surface area contributed by atoms with E-state index < -0.39 is 4.92 Å². The quantitative estimate of drug-likeness (QED) is 0.472. The molecule has 1 saturated carbocycles. The van der Waals surface area contributed by atoms with E-state index in [1.54, 1.807) is 0 Å². The molecule has 104 valence electrons. The van der Waals surface area contributed by atoms with Crippen molar-refractivity contribution in [3.63, 3.8) is 0 Å². The molecule has 1 aliphatic rings. The second-order valence-electron chi connectivity index (χ2n) is 4.65. The molecule has 1 heterocycles. The maximum atomic E-state index is 11.0. The zero-order valence-corrected chi connectivity index (χ0v) is 10.8. The van der Waals surface area contributed by atoms with Gasteiger partial charge >= 0.3 is 5.69 Å². The van der Waals surface area contributed by atoms with E-state index in [1.165, 1.54) is 19.8 Å². The number of hydrogen-bond donors (Lipinski definition) is 2. The average molecular weight is 267 g/mol. The predicted molar refractivity (Wildman–Crippen MR) is 68.7 cm³/mol. The number of nitrogens with one attached hydrogen (secondary N) is 1. The van der Waals surface area contributed by atoms with Crippen molar-refractivity contribution in [2.24, 2.45) is 11.8 Å². The molecule has 1 aliphatic carbocycles. The molecule has 0 atom stereocenters. The Morgan fingerprint density at radius 1 is 1.47 bits per heavy atom.